The van der Waals surface area contributed by atoms with Crippen LogP contribution in [0.2, 0.25) is 0 Å². The lowest BCUT2D eigenvalue weighted by molar-refractivity contribution is -0.0446. The van der Waals surface area contributed by atoms with Gasteiger partial charge in [-0.2, -0.15) is 0 Å². The molecular weight excluding hydrogens is 421 g/mol. The van der Waals surface area contributed by atoms with Gasteiger partial charge >= 0.3 is 0 Å². The fourth-order valence-electron chi connectivity index (χ4n) is 3.71. The molecule has 1 saturated heterocycles. The van der Waals surface area contributed by atoms with E-state index in [0.29, 0.717) is 43.6 Å². The summed E-state index contributed by atoms with van der Waals surface area (Å²) in [5.74, 6) is -3.81. The summed E-state index contributed by atoms with van der Waals surface area (Å²) >= 11 is 0. The van der Waals surface area contributed by atoms with E-state index in [2.05, 4.69) is 34.1 Å². The van der Waals surface area contributed by atoms with Crippen molar-refractivity contribution >= 4 is 5.82 Å². The Morgan fingerprint density at radius 1 is 1.25 bits per heavy atom. The maximum atomic E-state index is 14.7. The lowest BCUT2D eigenvalue weighted by Gasteiger charge is -2.21. The highest BCUT2D eigenvalue weighted by atomic mass is 19.3. The summed E-state index contributed by atoms with van der Waals surface area (Å²) in [5.41, 5.74) is 1.64. The van der Waals surface area contributed by atoms with E-state index in [-0.39, 0.29) is 17.6 Å². The highest BCUT2D eigenvalue weighted by Crippen LogP contribution is 2.36. The molecule has 1 aromatic carbocycles. The molecular formula is C23H27F3N4O2. The van der Waals surface area contributed by atoms with Crippen LogP contribution in [0.5, 0.6) is 0 Å². The summed E-state index contributed by atoms with van der Waals surface area (Å²) in [6, 6.07) is 3.97. The number of nitrogens with zero attached hydrogens (tertiary/aromatic N) is 2. The summed E-state index contributed by atoms with van der Waals surface area (Å²) in [6.45, 7) is 7.75. The van der Waals surface area contributed by atoms with Crippen molar-refractivity contribution in [1.82, 2.24) is 15.3 Å². The number of hydrogen-bond donors (Lipinski definition) is 2. The van der Waals surface area contributed by atoms with Crippen molar-refractivity contribution in [2.45, 2.75) is 57.4 Å². The van der Waals surface area contributed by atoms with Gasteiger partial charge < -0.3 is 20.1 Å². The smallest absolute Gasteiger partial charge is 0.273 e. The number of hydrogen-bond acceptors (Lipinski definition) is 6. The molecule has 0 radical (unpaired) electrons. The number of nitrogens with one attached hydrogen (secondary N) is 2. The van der Waals surface area contributed by atoms with E-state index < -0.39 is 23.6 Å². The Morgan fingerprint density at radius 3 is 2.62 bits per heavy atom. The Labute approximate surface area is 185 Å². The van der Waals surface area contributed by atoms with Gasteiger partial charge in [0.05, 0.1) is 30.0 Å². The van der Waals surface area contributed by atoms with Crippen molar-refractivity contribution in [3.8, 4) is 0 Å². The highest BCUT2D eigenvalue weighted by molar-refractivity contribution is 5.48. The molecule has 2 N–H and O–H groups in total. The van der Waals surface area contributed by atoms with Crippen LogP contribution in [-0.2, 0) is 28.4 Å². The largest absolute Gasteiger partial charge is 0.383 e. The maximum Gasteiger partial charge on any atom is 0.273 e. The highest BCUT2D eigenvalue weighted by Gasteiger charge is 2.37. The van der Waals surface area contributed by atoms with Gasteiger partial charge in [-0.1, -0.05) is 24.8 Å². The molecule has 6 nitrogen and oxygen atoms in total. The molecule has 4 rings (SSSR count). The van der Waals surface area contributed by atoms with E-state index in [0.717, 1.165) is 24.6 Å². The molecule has 9 heteroatoms. The Morgan fingerprint density at radius 2 is 1.97 bits per heavy atom. The zero-order valence-electron chi connectivity index (χ0n) is 18.2. The number of aromatic nitrogens is 2. The van der Waals surface area contributed by atoms with Gasteiger partial charge in [-0.15, -0.1) is 0 Å². The third-order valence-corrected chi connectivity index (χ3v) is 5.68. The Bertz CT molecular complexity index is 999. The van der Waals surface area contributed by atoms with Crippen molar-refractivity contribution in [1.29, 1.82) is 0 Å². The number of allylic oxidation sites excluding steroid dienone is 1. The van der Waals surface area contributed by atoms with E-state index in [9.17, 15) is 13.2 Å². The standard InChI is InChI=1S/C23H27F3N4O2/c1-14(30-22(2)7-8-22)11-17-18(21-31-9-10-32-21)20(29-13-28-17)27-12-15-5-4-6-16(19(15)24)23(3,25)26/h4-6,13,21,30H,1,7-12H2,2-3H3,(H,27,28,29). The van der Waals surface area contributed by atoms with Crippen LogP contribution in [0.1, 0.15) is 55.4 Å². The molecule has 172 valence electrons. The number of halogens is 3. The molecule has 0 spiro atoms. The van der Waals surface area contributed by atoms with E-state index >= 15 is 0 Å². The van der Waals surface area contributed by atoms with Crippen LogP contribution in [0, 0.1) is 5.82 Å². The third kappa shape index (κ3) is 5.05. The fourth-order valence-corrected chi connectivity index (χ4v) is 3.71. The van der Waals surface area contributed by atoms with E-state index in [1.54, 1.807) is 0 Å². The molecule has 1 aliphatic heterocycles. The Hall–Kier alpha value is -2.65. The van der Waals surface area contributed by atoms with Crippen molar-refractivity contribution in [3.05, 3.63) is 65.0 Å². The second-order valence-corrected chi connectivity index (χ2v) is 8.64. The van der Waals surface area contributed by atoms with Gasteiger partial charge in [-0.25, -0.2) is 23.1 Å². The SMILES string of the molecule is C=C(Cc1ncnc(NCc2cccc(C(C)(F)F)c2F)c1C1OCCO1)NC1(C)CC1. The van der Waals surface area contributed by atoms with Crippen molar-refractivity contribution in [2.75, 3.05) is 18.5 Å². The number of alkyl halides is 2. The van der Waals surface area contributed by atoms with Crippen LogP contribution in [0.3, 0.4) is 0 Å². The zero-order chi connectivity index (χ0) is 22.9. The summed E-state index contributed by atoms with van der Waals surface area (Å²) in [5, 5.41) is 6.48. The van der Waals surface area contributed by atoms with E-state index in [1.807, 2.05) is 0 Å². The fraction of sp³-hybridized carbons (Fsp3) is 0.478. The predicted octanol–water partition coefficient (Wildman–Crippen LogP) is 4.58. The molecule has 2 fully saturated rings. The van der Waals surface area contributed by atoms with Crippen LogP contribution < -0.4 is 10.6 Å². The molecule has 2 aliphatic rings. The van der Waals surface area contributed by atoms with Crippen LogP contribution >= 0.6 is 0 Å². The van der Waals surface area contributed by atoms with Gasteiger partial charge in [0.25, 0.3) is 5.92 Å². The zero-order valence-corrected chi connectivity index (χ0v) is 18.2. The van der Waals surface area contributed by atoms with Crippen molar-refractivity contribution in [3.63, 3.8) is 0 Å². The van der Waals surface area contributed by atoms with Crippen molar-refractivity contribution in [2.24, 2.45) is 0 Å². The van der Waals surface area contributed by atoms with Gasteiger partial charge in [-0.3, -0.25) is 0 Å². The van der Waals surface area contributed by atoms with Crippen LogP contribution in [0.4, 0.5) is 19.0 Å². The molecule has 1 saturated carbocycles. The van der Waals surface area contributed by atoms with E-state index in [4.69, 9.17) is 9.47 Å². The lowest BCUT2D eigenvalue weighted by Crippen LogP contribution is -2.28. The first-order valence-electron chi connectivity index (χ1n) is 10.6. The number of benzene rings is 1. The number of rotatable bonds is 9. The van der Waals surface area contributed by atoms with Gasteiger partial charge in [0, 0.05) is 36.7 Å². The van der Waals surface area contributed by atoms with E-state index in [1.165, 1.54) is 18.5 Å². The normalized spacial score (nSPS) is 17.9. The number of anilines is 1. The summed E-state index contributed by atoms with van der Waals surface area (Å²) < 4.78 is 53.4. The second-order valence-electron chi connectivity index (χ2n) is 8.64. The van der Waals surface area contributed by atoms with Gasteiger partial charge in [0.1, 0.15) is 18.0 Å². The second kappa shape index (κ2) is 8.71. The molecule has 2 aromatic rings. The molecule has 1 aliphatic carbocycles. The average Bonchev–Trinajstić information content (AvgIpc) is 3.21. The average molecular weight is 448 g/mol. The minimum Gasteiger partial charge on any atom is -0.383 e. The third-order valence-electron chi connectivity index (χ3n) is 5.68. The topological polar surface area (TPSA) is 68.3 Å². The summed E-state index contributed by atoms with van der Waals surface area (Å²) in [6.07, 6.45) is 3.35. The monoisotopic (exact) mass is 448 g/mol. The summed E-state index contributed by atoms with van der Waals surface area (Å²) in [7, 11) is 0. The Kier molecular flexibility index (Phi) is 6.13. The van der Waals surface area contributed by atoms with Crippen LogP contribution in [-0.4, -0.2) is 28.7 Å². The minimum atomic E-state index is -3.27. The molecule has 2 heterocycles. The van der Waals surface area contributed by atoms with Crippen LogP contribution in [0.15, 0.2) is 36.8 Å². The Balaban J connectivity index is 1.58. The molecule has 0 bridgehead atoms. The quantitative estimate of drug-likeness (QED) is 0.585. The molecule has 1 aromatic heterocycles. The minimum absolute atomic E-state index is 0.0385. The first kappa shape index (κ1) is 22.5. The first-order chi connectivity index (χ1) is 15.2. The number of ether oxygens (including phenoxy) is 2. The summed E-state index contributed by atoms with van der Waals surface area (Å²) in [4.78, 5) is 8.70. The van der Waals surface area contributed by atoms with Crippen molar-refractivity contribution < 1.29 is 22.6 Å². The van der Waals surface area contributed by atoms with Gasteiger partial charge in [-0.05, 0) is 19.8 Å². The molecule has 32 heavy (non-hydrogen) atoms. The molecule has 0 unspecified atom stereocenters. The molecule has 0 atom stereocenters. The maximum absolute atomic E-state index is 14.7. The molecule has 0 amide bonds. The first-order valence-corrected chi connectivity index (χ1v) is 10.6. The lowest BCUT2D eigenvalue weighted by atomic mass is 10.0. The van der Waals surface area contributed by atoms with Crippen LogP contribution in [0.25, 0.3) is 0 Å². The van der Waals surface area contributed by atoms with Gasteiger partial charge in [0.2, 0.25) is 0 Å². The predicted molar refractivity (Wildman–Crippen MR) is 114 cm³/mol. The van der Waals surface area contributed by atoms with Gasteiger partial charge in [0.15, 0.2) is 6.29 Å².